The van der Waals surface area contributed by atoms with Crippen LogP contribution in [0.5, 0.6) is 0 Å². The summed E-state index contributed by atoms with van der Waals surface area (Å²) >= 11 is 2.30. The molecule has 13 heavy (non-hydrogen) atoms. The highest BCUT2D eigenvalue weighted by atomic mass is 127. The first-order valence-electron chi connectivity index (χ1n) is 4.36. The second-order valence-electron chi connectivity index (χ2n) is 3.03. The lowest BCUT2D eigenvalue weighted by atomic mass is 9.95. The molecule has 0 heterocycles. The van der Waals surface area contributed by atoms with Crippen LogP contribution in [0.3, 0.4) is 0 Å². The summed E-state index contributed by atoms with van der Waals surface area (Å²) in [6.45, 7) is 3.60. The number of hydrogen-bond acceptors (Lipinski definition) is 0. The van der Waals surface area contributed by atoms with Crippen LogP contribution in [-0.2, 0) is 6.42 Å². The summed E-state index contributed by atoms with van der Waals surface area (Å²) in [6, 6.07) is 6.04. The summed E-state index contributed by atoms with van der Waals surface area (Å²) in [5, 5.41) is 0. The van der Waals surface area contributed by atoms with E-state index in [0.29, 0.717) is 0 Å². The third-order valence-corrected chi connectivity index (χ3v) is 3.14. The van der Waals surface area contributed by atoms with Gasteiger partial charge in [-0.2, -0.15) is 0 Å². The Balaban J connectivity index is 3.12. The highest BCUT2D eigenvalue weighted by molar-refractivity contribution is 14.1. The van der Waals surface area contributed by atoms with Gasteiger partial charge in [0.05, 0.1) is 6.67 Å². The Kier molecular flexibility index (Phi) is 4.16. The lowest BCUT2D eigenvalue weighted by Gasteiger charge is -2.13. The lowest BCUT2D eigenvalue weighted by Crippen LogP contribution is -2.02. The van der Waals surface area contributed by atoms with Crippen molar-refractivity contribution in [3.05, 3.63) is 38.8 Å². The predicted octanol–water partition coefficient (Wildman–Crippen LogP) is 3.77. The van der Waals surface area contributed by atoms with Crippen molar-refractivity contribution < 1.29 is 4.39 Å². The SMILES string of the molecule is CCc1c(I)cccc1[C](C)CF. The molecule has 0 aromatic heterocycles. The maximum Gasteiger partial charge on any atom is 0.0997 e. The van der Waals surface area contributed by atoms with Gasteiger partial charge in [0, 0.05) is 9.49 Å². The van der Waals surface area contributed by atoms with Gasteiger partial charge in [0.1, 0.15) is 0 Å². The monoisotopic (exact) mass is 291 g/mol. The normalized spacial score (nSPS) is 10.8. The van der Waals surface area contributed by atoms with E-state index in [2.05, 4.69) is 35.6 Å². The predicted molar refractivity (Wildman–Crippen MR) is 62.5 cm³/mol. The van der Waals surface area contributed by atoms with Gasteiger partial charge in [0.25, 0.3) is 0 Å². The number of halogens is 2. The Morgan fingerprint density at radius 3 is 2.69 bits per heavy atom. The third kappa shape index (κ3) is 2.42. The van der Waals surface area contributed by atoms with Crippen LogP contribution in [0.4, 0.5) is 4.39 Å². The molecule has 0 saturated heterocycles. The Hall–Kier alpha value is -0.120. The average Bonchev–Trinajstić information content (AvgIpc) is 2.16. The molecule has 0 saturated carbocycles. The van der Waals surface area contributed by atoms with Gasteiger partial charge in [-0.15, -0.1) is 0 Å². The van der Waals surface area contributed by atoms with Gasteiger partial charge in [0.2, 0.25) is 0 Å². The summed E-state index contributed by atoms with van der Waals surface area (Å²) in [5.74, 6) is 0.829. The first-order chi connectivity index (χ1) is 6.20. The van der Waals surface area contributed by atoms with Gasteiger partial charge < -0.3 is 0 Å². The molecule has 1 aromatic rings. The molecule has 0 spiro atoms. The quantitative estimate of drug-likeness (QED) is 0.744. The van der Waals surface area contributed by atoms with Crippen molar-refractivity contribution in [1.82, 2.24) is 0 Å². The fourth-order valence-corrected chi connectivity index (χ4v) is 2.27. The van der Waals surface area contributed by atoms with E-state index in [9.17, 15) is 4.39 Å². The smallest absolute Gasteiger partial charge is 0.0997 e. The van der Waals surface area contributed by atoms with Crippen LogP contribution in [0.25, 0.3) is 0 Å². The van der Waals surface area contributed by atoms with Crippen LogP contribution in [-0.4, -0.2) is 6.67 Å². The van der Waals surface area contributed by atoms with Crippen LogP contribution in [0, 0.1) is 9.49 Å². The van der Waals surface area contributed by atoms with Crippen molar-refractivity contribution >= 4 is 22.6 Å². The van der Waals surface area contributed by atoms with E-state index in [1.54, 1.807) is 0 Å². The van der Waals surface area contributed by atoms with Crippen molar-refractivity contribution in [2.24, 2.45) is 0 Å². The molecular weight excluding hydrogens is 278 g/mol. The van der Waals surface area contributed by atoms with E-state index in [0.717, 1.165) is 17.9 Å². The van der Waals surface area contributed by atoms with E-state index in [1.165, 1.54) is 9.13 Å². The second kappa shape index (κ2) is 4.94. The number of rotatable bonds is 3. The van der Waals surface area contributed by atoms with Crippen LogP contribution in [0.1, 0.15) is 25.0 Å². The summed E-state index contributed by atoms with van der Waals surface area (Å²) in [4.78, 5) is 0. The van der Waals surface area contributed by atoms with E-state index < -0.39 is 0 Å². The first kappa shape index (κ1) is 11.0. The third-order valence-electron chi connectivity index (χ3n) is 2.13. The minimum Gasteiger partial charge on any atom is -0.250 e. The minimum absolute atomic E-state index is 0.354. The molecule has 0 aliphatic heterocycles. The van der Waals surface area contributed by atoms with Crippen molar-refractivity contribution in [3.8, 4) is 0 Å². The molecule has 71 valence electrons. The Labute approximate surface area is 92.7 Å². The topological polar surface area (TPSA) is 0 Å². The highest BCUT2D eigenvalue weighted by Gasteiger charge is 2.11. The number of hydrogen-bond donors (Lipinski definition) is 0. The van der Waals surface area contributed by atoms with E-state index >= 15 is 0 Å². The molecular formula is C11H13FI. The Morgan fingerprint density at radius 1 is 1.46 bits per heavy atom. The number of benzene rings is 1. The molecule has 0 bridgehead atoms. The molecule has 0 amide bonds. The Morgan fingerprint density at radius 2 is 2.15 bits per heavy atom. The first-order valence-corrected chi connectivity index (χ1v) is 5.44. The van der Waals surface area contributed by atoms with Gasteiger partial charge in [0.15, 0.2) is 0 Å². The molecule has 0 fully saturated rings. The lowest BCUT2D eigenvalue weighted by molar-refractivity contribution is 0.515. The van der Waals surface area contributed by atoms with Crippen LogP contribution in [0.15, 0.2) is 18.2 Å². The molecule has 1 aromatic carbocycles. The maximum absolute atomic E-state index is 12.5. The summed E-state index contributed by atoms with van der Waals surface area (Å²) < 4.78 is 13.7. The molecule has 0 aliphatic rings. The largest absolute Gasteiger partial charge is 0.250 e. The molecule has 2 heteroatoms. The van der Waals surface area contributed by atoms with Crippen molar-refractivity contribution in [1.29, 1.82) is 0 Å². The van der Waals surface area contributed by atoms with Crippen LogP contribution < -0.4 is 0 Å². The molecule has 1 rings (SSSR count). The zero-order valence-corrected chi connectivity index (χ0v) is 10.1. The molecule has 0 atom stereocenters. The van der Waals surface area contributed by atoms with Crippen LogP contribution in [0.2, 0.25) is 0 Å². The van der Waals surface area contributed by atoms with E-state index in [1.807, 2.05) is 19.1 Å². The van der Waals surface area contributed by atoms with Crippen molar-refractivity contribution in [2.45, 2.75) is 20.3 Å². The van der Waals surface area contributed by atoms with Crippen molar-refractivity contribution in [2.75, 3.05) is 6.67 Å². The molecule has 1 radical (unpaired) electrons. The summed E-state index contributed by atoms with van der Waals surface area (Å²) in [6.07, 6.45) is 0.964. The molecule has 0 unspecified atom stereocenters. The average molecular weight is 291 g/mol. The molecule has 0 nitrogen and oxygen atoms in total. The highest BCUT2D eigenvalue weighted by Crippen LogP contribution is 2.24. The standard InChI is InChI=1S/C11H13FI/c1-3-9-10(8(2)7-12)5-4-6-11(9)13/h4-6H,3,7H2,1-2H3. The van der Waals surface area contributed by atoms with E-state index in [-0.39, 0.29) is 6.67 Å². The van der Waals surface area contributed by atoms with Crippen LogP contribution >= 0.6 is 22.6 Å². The fourth-order valence-electron chi connectivity index (χ4n) is 1.39. The van der Waals surface area contributed by atoms with Gasteiger partial charge in [-0.05, 0) is 46.2 Å². The van der Waals surface area contributed by atoms with Crippen molar-refractivity contribution in [3.63, 3.8) is 0 Å². The zero-order chi connectivity index (χ0) is 9.84. The maximum atomic E-state index is 12.5. The van der Waals surface area contributed by atoms with Gasteiger partial charge in [-0.1, -0.05) is 26.0 Å². The second-order valence-corrected chi connectivity index (χ2v) is 4.20. The number of alkyl halides is 1. The Bertz CT molecular complexity index is 283. The summed E-state index contributed by atoms with van der Waals surface area (Å²) in [7, 11) is 0. The summed E-state index contributed by atoms with van der Waals surface area (Å²) in [5.41, 5.74) is 2.34. The minimum atomic E-state index is -0.354. The fraction of sp³-hybridized carbons (Fsp3) is 0.364. The molecule has 0 N–H and O–H groups in total. The molecule has 0 aliphatic carbocycles. The van der Waals surface area contributed by atoms with Gasteiger partial charge in [-0.25, -0.2) is 0 Å². The zero-order valence-electron chi connectivity index (χ0n) is 7.90. The van der Waals surface area contributed by atoms with Gasteiger partial charge >= 0.3 is 0 Å². The van der Waals surface area contributed by atoms with E-state index in [4.69, 9.17) is 0 Å². The van der Waals surface area contributed by atoms with Gasteiger partial charge in [-0.3, -0.25) is 4.39 Å².